The van der Waals surface area contributed by atoms with Crippen molar-refractivity contribution in [2.45, 2.75) is 13.5 Å². The van der Waals surface area contributed by atoms with E-state index in [0.717, 1.165) is 22.3 Å². The molecule has 2 aromatic heterocycles. The van der Waals surface area contributed by atoms with Crippen LogP contribution in [0.5, 0.6) is 0 Å². The molecule has 2 heterocycles. The first-order valence-corrected chi connectivity index (χ1v) is 9.02. The van der Waals surface area contributed by atoms with Crippen LogP contribution in [-0.2, 0) is 11.3 Å². The van der Waals surface area contributed by atoms with Gasteiger partial charge in [-0.2, -0.15) is 5.10 Å². The van der Waals surface area contributed by atoms with Gasteiger partial charge in [0.15, 0.2) is 5.65 Å². The van der Waals surface area contributed by atoms with Gasteiger partial charge < -0.3 is 10.6 Å². The van der Waals surface area contributed by atoms with E-state index in [4.69, 9.17) is 11.6 Å². The summed E-state index contributed by atoms with van der Waals surface area (Å²) >= 11 is 6.26. The smallest absolute Gasteiger partial charge is 0.221 e. The number of hydrogen-bond acceptors (Lipinski definition) is 5. The Morgan fingerprint density at radius 3 is 2.57 bits per heavy atom. The molecule has 0 bridgehead atoms. The van der Waals surface area contributed by atoms with E-state index in [1.165, 1.54) is 13.3 Å². The molecule has 7 nitrogen and oxygen atoms in total. The van der Waals surface area contributed by atoms with Crippen LogP contribution in [0.2, 0.25) is 5.02 Å². The molecular formula is C20H17ClN6O. The molecule has 2 N–H and O–H groups in total. The van der Waals surface area contributed by atoms with Crippen molar-refractivity contribution >= 4 is 45.7 Å². The first kappa shape index (κ1) is 17.9. The molecule has 0 unspecified atom stereocenters. The highest BCUT2D eigenvalue weighted by Crippen LogP contribution is 2.25. The van der Waals surface area contributed by atoms with Crippen molar-refractivity contribution in [1.29, 1.82) is 0 Å². The highest BCUT2D eigenvalue weighted by atomic mass is 35.5. The van der Waals surface area contributed by atoms with Gasteiger partial charge >= 0.3 is 0 Å². The monoisotopic (exact) mass is 392 g/mol. The largest absolute Gasteiger partial charge is 0.340 e. The number of anilines is 3. The summed E-state index contributed by atoms with van der Waals surface area (Å²) in [6, 6.07) is 15.0. The third-order valence-electron chi connectivity index (χ3n) is 4.18. The zero-order valence-electron chi connectivity index (χ0n) is 15.1. The van der Waals surface area contributed by atoms with Gasteiger partial charge in [0, 0.05) is 23.3 Å². The first-order chi connectivity index (χ1) is 13.6. The molecule has 0 saturated carbocycles. The fraction of sp³-hybridized carbons (Fsp3) is 0.100. The third-order valence-corrected chi connectivity index (χ3v) is 4.55. The number of aromatic nitrogens is 4. The lowest BCUT2D eigenvalue weighted by atomic mass is 10.2. The van der Waals surface area contributed by atoms with Crippen LogP contribution in [0.15, 0.2) is 61.1 Å². The molecule has 0 fully saturated rings. The molecule has 2 aromatic carbocycles. The molecule has 0 saturated heterocycles. The van der Waals surface area contributed by atoms with Gasteiger partial charge in [0.1, 0.15) is 12.1 Å². The molecule has 140 valence electrons. The number of carbonyl (C=O) groups excluding carboxylic acids is 1. The van der Waals surface area contributed by atoms with E-state index in [0.29, 0.717) is 23.0 Å². The molecule has 0 aliphatic heterocycles. The van der Waals surface area contributed by atoms with E-state index in [1.807, 2.05) is 48.5 Å². The number of nitrogens with one attached hydrogen (secondary N) is 2. The minimum atomic E-state index is -0.107. The summed E-state index contributed by atoms with van der Waals surface area (Å²) in [6.07, 6.45) is 3.24. The molecule has 0 aliphatic rings. The van der Waals surface area contributed by atoms with Gasteiger partial charge in [0.2, 0.25) is 5.91 Å². The fourth-order valence-electron chi connectivity index (χ4n) is 2.87. The number of fused-ring (bicyclic) bond motifs is 1. The van der Waals surface area contributed by atoms with Crippen molar-refractivity contribution in [3.63, 3.8) is 0 Å². The quantitative estimate of drug-likeness (QED) is 0.531. The maximum absolute atomic E-state index is 11.1. The second-order valence-electron chi connectivity index (χ2n) is 6.24. The van der Waals surface area contributed by atoms with Crippen LogP contribution >= 0.6 is 11.6 Å². The average Bonchev–Trinajstić information content (AvgIpc) is 3.09. The van der Waals surface area contributed by atoms with Gasteiger partial charge in [-0.3, -0.25) is 4.79 Å². The summed E-state index contributed by atoms with van der Waals surface area (Å²) in [7, 11) is 0. The standard InChI is InChI=1S/C20H17ClN6O/c1-13(28)25-15-6-8-16(9-7-15)26-19-17-10-24-27(20(17)23-12-22-19)11-14-4-2-3-5-18(14)21/h2-10,12H,11H2,1H3,(H,25,28)(H,22,23,26). The normalized spacial score (nSPS) is 10.8. The Morgan fingerprint density at radius 2 is 1.82 bits per heavy atom. The molecule has 0 atom stereocenters. The summed E-state index contributed by atoms with van der Waals surface area (Å²) in [5.74, 6) is 0.548. The lowest BCUT2D eigenvalue weighted by molar-refractivity contribution is -0.114. The number of nitrogens with zero attached hydrogens (tertiary/aromatic N) is 4. The van der Waals surface area contributed by atoms with E-state index in [9.17, 15) is 4.79 Å². The van der Waals surface area contributed by atoms with Crippen LogP contribution < -0.4 is 10.6 Å². The minimum Gasteiger partial charge on any atom is -0.340 e. The van der Waals surface area contributed by atoms with Crippen LogP contribution in [0.1, 0.15) is 12.5 Å². The summed E-state index contributed by atoms with van der Waals surface area (Å²) in [6.45, 7) is 2.00. The van der Waals surface area contributed by atoms with E-state index < -0.39 is 0 Å². The Kier molecular flexibility index (Phi) is 4.90. The number of rotatable bonds is 5. The van der Waals surface area contributed by atoms with Crippen molar-refractivity contribution < 1.29 is 4.79 Å². The third kappa shape index (κ3) is 3.79. The Balaban J connectivity index is 1.60. The minimum absolute atomic E-state index is 0.107. The first-order valence-electron chi connectivity index (χ1n) is 8.65. The Morgan fingerprint density at radius 1 is 1.07 bits per heavy atom. The topological polar surface area (TPSA) is 84.7 Å². The van der Waals surface area contributed by atoms with E-state index in [2.05, 4.69) is 25.7 Å². The molecular weight excluding hydrogens is 376 g/mol. The molecule has 8 heteroatoms. The van der Waals surface area contributed by atoms with Crippen molar-refractivity contribution in [2.75, 3.05) is 10.6 Å². The Hall–Kier alpha value is -3.45. The Labute approximate surface area is 166 Å². The van der Waals surface area contributed by atoms with Crippen LogP contribution in [0.4, 0.5) is 17.2 Å². The maximum atomic E-state index is 11.1. The van der Waals surface area contributed by atoms with Crippen molar-refractivity contribution in [3.05, 3.63) is 71.6 Å². The van der Waals surface area contributed by atoms with Crippen molar-refractivity contribution in [3.8, 4) is 0 Å². The van der Waals surface area contributed by atoms with E-state index >= 15 is 0 Å². The molecule has 0 radical (unpaired) electrons. The molecule has 4 aromatic rings. The molecule has 4 rings (SSSR count). The zero-order chi connectivity index (χ0) is 19.5. The highest BCUT2D eigenvalue weighted by Gasteiger charge is 2.11. The van der Waals surface area contributed by atoms with Crippen LogP contribution in [-0.4, -0.2) is 25.7 Å². The number of hydrogen-bond donors (Lipinski definition) is 2. The molecule has 0 spiro atoms. The summed E-state index contributed by atoms with van der Waals surface area (Å²) in [5.41, 5.74) is 3.26. The highest BCUT2D eigenvalue weighted by molar-refractivity contribution is 6.31. The summed E-state index contributed by atoms with van der Waals surface area (Å²) < 4.78 is 1.79. The van der Waals surface area contributed by atoms with Crippen LogP contribution in [0.25, 0.3) is 11.0 Å². The summed E-state index contributed by atoms with van der Waals surface area (Å²) in [5, 5.41) is 12.0. The van der Waals surface area contributed by atoms with Gasteiger partial charge in [-0.25, -0.2) is 14.6 Å². The predicted molar refractivity (Wildman–Crippen MR) is 110 cm³/mol. The van der Waals surface area contributed by atoms with Gasteiger partial charge in [0.05, 0.1) is 18.1 Å². The Bertz CT molecular complexity index is 1140. The van der Waals surface area contributed by atoms with Crippen LogP contribution in [0, 0.1) is 0 Å². The molecule has 28 heavy (non-hydrogen) atoms. The van der Waals surface area contributed by atoms with Gasteiger partial charge in [-0.1, -0.05) is 29.8 Å². The lowest BCUT2D eigenvalue weighted by Crippen LogP contribution is -2.05. The number of halogens is 1. The average molecular weight is 393 g/mol. The zero-order valence-corrected chi connectivity index (χ0v) is 15.8. The molecule has 0 aliphatic carbocycles. The number of benzene rings is 2. The maximum Gasteiger partial charge on any atom is 0.221 e. The van der Waals surface area contributed by atoms with E-state index in [-0.39, 0.29) is 5.91 Å². The SMILES string of the molecule is CC(=O)Nc1ccc(Nc2ncnc3c2cnn3Cc2ccccc2Cl)cc1. The number of carbonyl (C=O) groups is 1. The second-order valence-corrected chi connectivity index (χ2v) is 6.64. The lowest BCUT2D eigenvalue weighted by Gasteiger charge is -2.09. The van der Waals surface area contributed by atoms with Crippen molar-refractivity contribution in [1.82, 2.24) is 19.7 Å². The van der Waals surface area contributed by atoms with Crippen LogP contribution in [0.3, 0.4) is 0 Å². The van der Waals surface area contributed by atoms with Gasteiger partial charge in [-0.15, -0.1) is 0 Å². The van der Waals surface area contributed by atoms with E-state index in [1.54, 1.807) is 10.9 Å². The van der Waals surface area contributed by atoms with Gasteiger partial charge in [-0.05, 0) is 35.9 Å². The van der Waals surface area contributed by atoms with Gasteiger partial charge in [0.25, 0.3) is 0 Å². The second kappa shape index (κ2) is 7.66. The molecule has 1 amide bonds. The van der Waals surface area contributed by atoms with Crippen molar-refractivity contribution in [2.24, 2.45) is 0 Å². The fourth-order valence-corrected chi connectivity index (χ4v) is 3.07. The number of amides is 1. The summed E-state index contributed by atoms with van der Waals surface area (Å²) in [4.78, 5) is 19.8. The predicted octanol–water partition coefficient (Wildman–Crippen LogP) is 4.23.